The Kier molecular flexibility index (Phi) is 7.08. The first-order chi connectivity index (χ1) is 15.4. The summed E-state index contributed by atoms with van der Waals surface area (Å²) in [7, 11) is 0. The molecule has 1 aliphatic rings. The first-order valence-electron chi connectivity index (χ1n) is 11.0. The number of nitrogens with one attached hydrogen (secondary N) is 2. The molecule has 1 fully saturated rings. The number of H-pyrrole nitrogens is 1. The maximum absolute atomic E-state index is 13.0. The van der Waals surface area contributed by atoms with Crippen LogP contribution in [0.4, 0.5) is 0 Å². The van der Waals surface area contributed by atoms with E-state index in [4.69, 9.17) is 23.8 Å². The van der Waals surface area contributed by atoms with Crippen LogP contribution in [0.5, 0.6) is 0 Å². The topological polar surface area (TPSA) is 70.1 Å². The molecule has 32 heavy (non-hydrogen) atoms. The molecule has 1 aliphatic heterocycles. The molecule has 4 rings (SSSR count). The third-order valence-electron chi connectivity index (χ3n) is 6.12. The molecular formula is C24H27ClN4O2S. The second kappa shape index (κ2) is 9.98. The Morgan fingerprint density at radius 2 is 2.00 bits per heavy atom. The Morgan fingerprint density at radius 1 is 1.22 bits per heavy atom. The van der Waals surface area contributed by atoms with Gasteiger partial charge in [-0.1, -0.05) is 30.2 Å². The van der Waals surface area contributed by atoms with Gasteiger partial charge in [0.2, 0.25) is 0 Å². The summed E-state index contributed by atoms with van der Waals surface area (Å²) in [6, 6.07) is 12.9. The summed E-state index contributed by atoms with van der Waals surface area (Å²) in [4.78, 5) is 31.2. The SMILES string of the molecule is C[C@H]1CCCCN1CCNC(=O)c1ccc2c(=O)n(Cc3ccc(Cl)cc3)c(=S)[nH]c2c1. The van der Waals surface area contributed by atoms with Crippen LogP contribution in [0.3, 0.4) is 0 Å². The number of amides is 1. The van der Waals surface area contributed by atoms with Crippen molar-refractivity contribution in [2.24, 2.45) is 0 Å². The molecule has 0 spiro atoms. The van der Waals surface area contributed by atoms with Crippen LogP contribution in [0, 0.1) is 4.77 Å². The number of aromatic amines is 1. The van der Waals surface area contributed by atoms with E-state index in [0.717, 1.165) is 18.7 Å². The number of aromatic nitrogens is 2. The van der Waals surface area contributed by atoms with Crippen molar-refractivity contribution >= 4 is 40.6 Å². The fourth-order valence-electron chi connectivity index (χ4n) is 4.22. The Labute approximate surface area is 197 Å². The summed E-state index contributed by atoms with van der Waals surface area (Å²) in [5.74, 6) is -0.152. The fourth-order valence-corrected chi connectivity index (χ4v) is 4.60. The van der Waals surface area contributed by atoms with Crippen molar-refractivity contribution in [1.82, 2.24) is 19.8 Å². The molecule has 1 amide bonds. The number of benzene rings is 2. The molecule has 0 unspecified atom stereocenters. The minimum absolute atomic E-state index is 0.152. The van der Waals surface area contributed by atoms with E-state index in [1.165, 1.54) is 23.8 Å². The van der Waals surface area contributed by atoms with Crippen LogP contribution in [0.15, 0.2) is 47.3 Å². The minimum atomic E-state index is -0.190. The van der Waals surface area contributed by atoms with Crippen molar-refractivity contribution in [3.05, 3.63) is 73.7 Å². The number of carbonyl (C=O) groups is 1. The van der Waals surface area contributed by atoms with E-state index in [2.05, 4.69) is 22.1 Å². The third-order valence-corrected chi connectivity index (χ3v) is 6.70. The van der Waals surface area contributed by atoms with Crippen molar-refractivity contribution in [1.29, 1.82) is 0 Å². The van der Waals surface area contributed by atoms with E-state index in [-0.39, 0.29) is 11.5 Å². The molecular weight excluding hydrogens is 444 g/mol. The zero-order valence-corrected chi connectivity index (χ0v) is 19.6. The third kappa shape index (κ3) is 5.11. The summed E-state index contributed by atoms with van der Waals surface area (Å²) in [6.45, 7) is 5.12. The molecule has 3 aromatic rings. The molecule has 1 saturated heterocycles. The molecule has 0 saturated carbocycles. The number of hydrogen-bond acceptors (Lipinski definition) is 4. The highest BCUT2D eigenvalue weighted by atomic mass is 35.5. The van der Waals surface area contributed by atoms with Gasteiger partial charge in [0.1, 0.15) is 0 Å². The van der Waals surface area contributed by atoms with Gasteiger partial charge in [-0.15, -0.1) is 0 Å². The van der Waals surface area contributed by atoms with Gasteiger partial charge < -0.3 is 10.3 Å². The van der Waals surface area contributed by atoms with Crippen molar-refractivity contribution in [2.75, 3.05) is 19.6 Å². The highest BCUT2D eigenvalue weighted by molar-refractivity contribution is 7.71. The predicted octanol–water partition coefficient (Wildman–Crippen LogP) is 4.36. The van der Waals surface area contributed by atoms with Gasteiger partial charge in [0.25, 0.3) is 11.5 Å². The molecule has 2 aromatic carbocycles. The van der Waals surface area contributed by atoms with Crippen molar-refractivity contribution in [3.63, 3.8) is 0 Å². The Hall–Kier alpha value is -2.48. The summed E-state index contributed by atoms with van der Waals surface area (Å²) >= 11 is 11.4. The van der Waals surface area contributed by atoms with Crippen LogP contribution in [0.1, 0.15) is 42.1 Å². The molecule has 0 radical (unpaired) electrons. The summed E-state index contributed by atoms with van der Waals surface area (Å²) in [6.07, 6.45) is 3.72. The van der Waals surface area contributed by atoms with Crippen LogP contribution in [-0.4, -0.2) is 46.0 Å². The number of fused-ring (bicyclic) bond motifs is 1. The molecule has 1 aromatic heterocycles. The number of hydrogen-bond donors (Lipinski definition) is 2. The van der Waals surface area contributed by atoms with Gasteiger partial charge in [0.15, 0.2) is 4.77 Å². The van der Waals surface area contributed by atoms with Crippen LogP contribution in [-0.2, 0) is 6.54 Å². The first kappa shape index (κ1) is 22.7. The first-order valence-corrected chi connectivity index (χ1v) is 11.7. The van der Waals surface area contributed by atoms with Crippen LogP contribution in [0.2, 0.25) is 5.02 Å². The van der Waals surface area contributed by atoms with Gasteiger partial charge in [0, 0.05) is 29.7 Å². The maximum Gasteiger partial charge on any atom is 0.262 e. The Balaban J connectivity index is 1.49. The average molecular weight is 471 g/mol. The monoisotopic (exact) mass is 470 g/mol. The van der Waals surface area contributed by atoms with Crippen LogP contribution in [0.25, 0.3) is 10.9 Å². The number of carbonyl (C=O) groups excluding carboxylic acids is 1. The van der Waals surface area contributed by atoms with E-state index in [1.54, 1.807) is 30.3 Å². The van der Waals surface area contributed by atoms with E-state index < -0.39 is 0 Å². The Morgan fingerprint density at radius 3 is 2.75 bits per heavy atom. The number of halogens is 1. The molecule has 0 bridgehead atoms. The van der Waals surface area contributed by atoms with E-state index >= 15 is 0 Å². The maximum atomic E-state index is 13.0. The second-order valence-corrected chi connectivity index (χ2v) is 9.17. The summed E-state index contributed by atoms with van der Waals surface area (Å²) in [5, 5.41) is 4.13. The van der Waals surface area contributed by atoms with Gasteiger partial charge >= 0.3 is 0 Å². The second-order valence-electron chi connectivity index (χ2n) is 8.34. The van der Waals surface area contributed by atoms with Gasteiger partial charge in [-0.2, -0.15) is 0 Å². The molecule has 168 valence electrons. The highest BCUT2D eigenvalue weighted by Gasteiger charge is 2.18. The number of piperidine rings is 1. The van der Waals surface area contributed by atoms with E-state index in [1.807, 2.05) is 12.1 Å². The number of likely N-dealkylation sites (tertiary alicyclic amines) is 1. The van der Waals surface area contributed by atoms with Gasteiger partial charge in [0.05, 0.1) is 17.4 Å². The number of nitrogens with zero attached hydrogens (tertiary/aromatic N) is 2. The zero-order valence-electron chi connectivity index (χ0n) is 18.1. The van der Waals surface area contributed by atoms with Gasteiger partial charge in [-0.05, 0) is 74.4 Å². The van der Waals surface area contributed by atoms with E-state index in [9.17, 15) is 9.59 Å². The van der Waals surface area contributed by atoms with Crippen molar-refractivity contribution in [3.8, 4) is 0 Å². The van der Waals surface area contributed by atoms with Gasteiger partial charge in [-0.25, -0.2) is 0 Å². The normalized spacial score (nSPS) is 16.9. The van der Waals surface area contributed by atoms with E-state index in [0.29, 0.717) is 45.4 Å². The van der Waals surface area contributed by atoms with Gasteiger partial charge in [-0.3, -0.25) is 19.1 Å². The minimum Gasteiger partial charge on any atom is -0.351 e. The Bertz CT molecular complexity index is 1240. The molecule has 2 heterocycles. The lowest BCUT2D eigenvalue weighted by Crippen LogP contribution is -2.42. The quantitative estimate of drug-likeness (QED) is 0.525. The molecule has 8 heteroatoms. The zero-order chi connectivity index (χ0) is 22.7. The summed E-state index contributed by atoms with van der Waals surface area (Å²) < 4.78 is 1.83. The molecule has 1 atom stereocenters. The summed E-state index contributed by atoms with van der Waals surface area (Å²) in [5.41, 5.74) is 1.80. The smallest absolute Gasteiger partial charge is 0.262 e. The van der Waals surface area contributed by atoms with Crippen molar-refractivity contribution in [2.45, 2.75) is 38.8 Å². The lowest BCUT2D eigenvalue weighted by molar-refractivity contribution is 0.0938. The van der Waals surface area contributed by atoms with Crippen LogP contribution < -0.4 is 10.9 Å². The largest absolute Gasteiger partial charge is 0.351 e. The molecule has 6 nitrogen and oxygen atoms in total. The van der Waals surface area contributed by atoms with Crippen molar-refractivity contribution < 1.29 is 4.79 Å². The van der Waals surface area contributed by atoms with Crippen LogP contribution >= 0.6 is 23.8 Å². The lowest BCUT2D eigenvalue weighted by atomic mass is 10.0. The average Bonchev–Trinajstić information content (AvgIpc) is 2.78. The fraction of sp³-hybridized carbons (Fsp3) is 0.375. The lowest BCUT2D eigenvalue weighted by Gasteiger charge is -2.33. The molecule has 2 N–H and O–H groups in total. The number of rotatable bonds is 6. The predicted molar refractivity (Wildman–Crippen MR) is 131 cm³/mol. The highest BCUT2D eigenvalue weighted by Crippen LogP contribution is 2.16. The molecule has 0 aliphatic carbocycles. The standard InChI is InChI=1S/C24H27ClN4O2S/c1-16-4-2-3-12-28(16)13-11-26-22(30)18-7-10-20-21(14-18)27-24(32)29(23(20)31)15-17-5-8-19(25)9-6-17/h5-10,14,16H,2-4,11-13,15H2,1H3,(H,26,30)(H,27,32)/t16-/m0/s1.